The van der Waals surface area contributed by atoms with E-state index in [1.54, 1.807) is 69.2 Å². The summed E-state index contributed by atoms with van der Waals surface area (Å²) in [6.07, 6.45) is 5.58. The van der Waals surface area contributed by atoms with Crippen molar-refractivity contribution in [1.82, 2.24) is 0 Å². The molecule has 0 atom stereocenters. The number of hydrogen-bond donors (Lipinski definition) is 1. The number of methoxy groups -OCH3 is 4. The quantitative estimate of drug-likeness (QED) is 0.321. The second-order valence-corrected chi connectivity index (χ2v) is 9.18. The third-order valence-electron chi connectivity index (χ3n) is 6.00. The molecule has 0 aliphatic heterocycles. The fourth-order valence-electron chi connectivity index (χ4n) is 4.23. The summed E-state index contributed by atoms with van der Waals surface area (Å²) in [5, 5.41) is 3.59. The number of aryl methyl sites for hydroxylation is 1. The van der Waals surface area contributed by atoms with E-state index in [-0.39, 0.29) is 5.91 Å². The predicted octanol–water partition coefficient (Wildman–Crippen LogP) is 5.44. The van der Waals surface area contributed by atoms with Crippen molar-refractivity contribution < 1.29 is 28.5 Å². The number of thiophene rings is 1. The highest BCUT2D eigenvalue weighted by Gasteiger charge is 2.25. The van der Waals surface area contributed by atoms with Crippen LogP contribution in [0.5, 0.6) is 17.2 Å². The molecule has 0 radical (unpaired) electrons. The molecule has 0 saturated heterocycles. The number of anilines is 1. The molecule has 1 N–H and O–H groups in total. The molecule has 3 aromatic rings. The number of esters is 1. The third-order valence-corrected chi connectivity index (χ3v) is 7.20. The average molecular weight is 509 g/mol. The van der Waals surface area contributed by atoms with E-state index in [4.69, 9.17) is 23.9 Å². The van der Waals surface area contributed by atoms with Gasteiger partial charge in [0.2, 0.25) is 5.75 Å². The van der Waals surface area contributed by atoms with Crippen LogP contribution in [0.4, 0.5) is 10.7 Å². The zero-order chi connectivity index (χ0) is 25.7. The first-order chi connectivity index (χ1) is 17.5. The van der Waals surface area contributed by atoms with Gasteiger partial charge in [0.25, 0.3) is 5.91 Å². The molecule has 0 saturated carbocycles. The zero-order valence-electron chi connectivity index (χ0n) is 20.7. The van der Waals surface area contributed by atoms with Crippen molar-refractivity contribution >= 4 is 40.1 Å². The van der Waals surface area contributed by atoms with E-state index >= 15 is 0 Å². The first kappa shape index (κ1) is 25.2. The lowest BCUT2D eigenvalue weighted by molar-refractivity contribution is 0.0600. The van der Waals surface area contributed by atoms with Gasteiger partial charge in [0, 0.05) is 22.3 Å². The maximum atomic E-state index is 13.4. The molecule has 0 bridgehead atoms. The van der Waals surface area contributed by atoms with Crippen molar-refractivity contribution in [2.45, 2.75) is 25.7 Å². The Balaban J connectivity index is 1.67. The van der Waals surface area contributed by atoms with Crippen molar-refractivity contribution in [3.63, 3.8) is 0 Å². The number of fused-ring (bicyclic) bond motifs is 1. The van der Waals surface area contributed by atoms with E-state index in [9.17, 15) is 9.59 Å². The molecule has 1 amide bonds. The smallest absolute Gasteiger partial charge is 0.337 e. The largest absolute Gasteiger partial charge is 0.493 e. The Morgan fingerprint density at radius 3 is 2.31 bits per heavy atom. The SMILES string of the molecule is COC(=O)c1ccc(NC(=O)c2c(/N=C/c3ccc(OC)c(OC)c3OC)sc3c2CCCC3)cc1. The monoisotopic (exact) mass is 508 g/mol. The highest BCUT2D eigenvalue weighted by Crippen LogP contribution is 2.42. The van der Waals surface area contributed by atoms with E-state index in [0.717, 1.165) is 31.2 Å². The first-order valence-corrected chi connectivity index (χ1v) is 12.3. The van der Waals surface area contributed by atoms with Crippen LogP contribution in [0.25, 0.3) is 0 Å². The van der Waals surface area contributed by atoms with Gasteiger partial charge in [-0.25, -0.2) is 9.79 Å². The highest BCUT2D eigenvalue weighted by atomic mass is 32.1. The molecule has 2 aromatic carbocycles. The number of nitrogens with zero attached hydrogens (tertiary/aromatic N) is 1. The number of carbonyl (C=O) groups excluding carboxylic acids is 2. The second kappa shape index (κ2) is 11.3. The van der Waals surface area contributed by atoms with Crippen LogP contribution >= 0.6 is 11.3 Å². The number of rotatable bonds is 8. The number of nitrogens with one attached hydrogen (secondary N) is 1. The second-order valence-electron chi connectivity index (χ2n) is 8.10. The number of aliphatic imine (C=N–C) groups is 1. The van der Waals surface area contributed by atoms with Gasteiger partial charge in [-0.3, -0.25) is 4.79 Å². The molecule has 0 unspecified atom stereocenters. The molecular formula is C27H28N2O6S. The Labute approximate surface area is 213 Å². The summed E-state index contributed by atoms with van der Waals surface area (Å²) in [6, 6.07) is 10.2. The molecule has 1 aromatic heterocycles. The normalized spacial score (nSPS) is 12.7. The van der Waals surface area contributed by atoms with Crippen molar-refractivity contribution in [2.24, 2.45) is 4.99 Å². The Kier molecular flexibility index (Phi) is 7.90. The molecule has 188 valence electrons. The Morgan fingerprint density at radius 1 is 0.917 bits per heavy atom. The summed E-state index contributed by atoms with van der Waals surface area (Å²) in [4.78, 5) is 31.1. The Morgan fingerprint density at radius 2 is 1.64 bits per heavy atom. The van der Waals surface area contributed by atoms with Crippen molar-refractivity contribution in [2.75, 3.05) is 33.8 Å². The molecule has 0 fully saturated rings. The maximum absolute atomic E-state index is 13.4. The van der Waals surface area contributed by atoms with Gasteiger partial charge < -0.3 is 24.3 Å². The summed E-state index contributed by atoms with van der Waals surface area (Å²) >= 11 is 1.54. The molecule has 4 rings (SSSR count). The number of hydrogen-bond acceptors (Lipinski definition) is 8. The van der Waals surface area contributed by atoms with Gasteiger partial charge in [-0.1, -0.05) is 0 Å². The Bertz CT molecular complexity index is 1300. The van der Waals surface area contributed by atoms with E-state index in [1.807, 2.05) is 6.07 Å². The summed E-state index contributed by atoms with van der Waals surface area (Å²) in [6.45, 7) is 0. The van der Waals surface area contributed by atoms with Crippen LogP contribution in [-0.2, 0) is 17.6 Å². The molecule has 36 heavy (non-hydrogen) atoms. The summed E-state index contributed by atoms with van der Waals surface area (Å²) in [5.41, 5.74) is 3.34. The van der Waals surface area contributed by atoms with Gasteiger partial charge in [-0.15, -0.1) is 11.3 Å². The minimum Gasteiger partial charge on any atom is -0.493 e. The molecule has 9 heteroatoms. The first-order valence-electron chi connectivity index (χ1n) is 11.5. The van der Waals surface area contributed by atoms with Gasteiger partial charge in [-0.2, -0.15) is 0 Å². The maximum Gasteiger partial charge on any atom is 0.337 e. The summed E-state index contributed by atoms with van der Waals surface area (Å²) in [7, 11) is 6.00. The molecule has 0 spiro atoms. The van der Waals surface area contributed by atoms with Gasteiger partial charge in [-0.05, 0) is 67.6 Å². The van der Waals surface area contributed by atoms with Gasteiger partial charge in [0.05, 0.1) is 39.6 Å². The van der Waals surface area contributed by atoms with Crippen LogP contribution in [0.1, 0.15) is 49.6 Å². The van der Waals surface area contributed by atoms with E-state index < -0.39 is 5.97 Å². The van der Waals surface area contributed by atoms with Crippen LogP contribution in [0.2, 0.25) is 0 Å². The minimum absolute atomic E-state index is 0.230. The van der Waals surface area contributed by atoms with Crippen LogP contribution in [0.3, 0.4) is 0 Å². The number of carbonyl (C=O) groups is 2. The van der Waals surface area contributed by atoms with Crippen molar-refractivity contribution in [1.29, 1.82) is 0 Å². The summed E-state index contributed by atoms with van der Waals surface area (Å²) in [5.74, 6) is 0.867. The molecule has 8 nitrogen and oxygen atoms in total. The zero-order valence-corrected chi connectivity index (χ0v) is 21.5. The van der Waals surface area contributed by atoms with Crippen LogP contribution in [0, 0.1) is 0 Å². The predicted molar refractivity (Wildman–Crippen MR) is 140 cm³/mol. The summed E-state index contributed by atoms with van der Waals surface area (Å²) < 4.78 is 21.1. The Hall–Kier alpha value is -3.85. The van der Waals surface area contributed by atoms with E-state index in [2.05, 4.69) is 5.32 Å². The third kappa shape index (κ3) is 5.06. The highest BCUT2D eigenvalue weighted by molar-refractivity contribution is 7.16. The standard InChI is InChI=1S/C27H28N2O6S/c1-32-20-14-11-17(23(33-2)24(20)34-3)15-28-26-22(19-7-5-6-8-21(19)36-26)25(30)29-18-12-9-16(10-13-18)27(31)35-4/h9-15H,5-8H2,1-4H3,(H,29,30)/b28-15+. The van der Waals surface area contributed by atoms with Crippen LogP contribution in [0.15, 0.2) is 41.4 Å². The number of amides is 1. The van der Waals surface area contributed by atoms with Gasteiger partial charge >= 0.3 is 5.97 Å². The molecule has 1 aliphatic carbocycles. The molecule has 1 aliphatic rings. The van der Waals surface area contributed by atoms with Gasteiger partial charge in [0.1, 0.15) is 5.00 Å². The number of benzene rings is 2. The van der Waals surface area contributed by atoms with Crippen molar-refractivity contribution in [3.8, 4) is 17.2 Å². The lowest BCUT2D eigenvalue weighted by Crippen LogP contribution is -2.15. The van der Waals surface area contributed by atoms with Crippen LogP contribution in [-0.4, -0.2) is 46.5 Å². The minimum atomic E-state index is -0.429. The van der Waals surface area contributed by atoms with Gasteiger partial charge in [0.15, 0.2) is 11.5 Å². The van der Waals surface area contributed by atoms with Crippen LogP contribution < -0.4 is 19.5 Å². The molecular weight excluding hydrogens is 480 g/mol. The molecule has 1 heterocycles. The topological polar surface area (TPSA) is 95.5 Å². The fourth-order valence-corrected chi connectivity index (χ4v) is 5.46. The average Bonchev–Trinajstić information content (AvgIpc) is 3.29. The fraction of sp³-hybridized carbons (Fsp3) is 0.296. The lowest BCUT2D eigenvalue weighted by atomic mass is 9.95. The van der Waals surface area contributed by atoms with Crippen molar-refractivity contribution in [3.05, 3.63) is 63.5 Å². The number of ether oxygens (including phenoxy) is 4. The lowest BCUT2D eigenvalue weighted by Gasteiger charge is -2.14. The van der Waals surface area contributed by atoms with E-state index in [1.165, 1.54) is 12.0 Å². The van der Waals surface area contributed by atoms with E-state index in [0.29, 0.717) is 44.6 Å².